The highest BCUT2D eigenvalue weighted by Gasteiger charge is 2.27. The zero-order chi connectivity index (χ0) is 18.7. The van der Waals surface area contributed by atoms with E-state index in [1.807, 2.05) is 0 Å². The molecular formula is C18H19ClN2O3S2. The molecule has 5 nitrogen and oxygen atoms in total. The first-order chi connectivity index (χ1) is 12.4. The van der Waals surface area contributed by atoms with Gasteiger partial charge in [0.2, 0.25) is 10.0 Å². The van der Waals surface area contributed by atoms with Crippen molar-refractivity contribution in [1.82, 2.24) is 9.29 Å². The molecule has 1 saturated heterocycles. The van der Waals surface area contributed by atoms with Crippen LogP contribution in [-0.2, 0) is 10.0 Å². The molecule has 1 fully saturated rings. The van der Waals surface area contributed by atoms with Gasteiger partial charge in [-0.1, -0.05) is 35.5 Å². The lowest BCUT2D eigenvalue weighted by molar-refractivity contribution is 0.0994. The van der Waals surface area contributed by atoms with E-state index in [0.717, 1.165) is 12.8 Å². The van der Waals surface area contributed by atoms with Gasteiger partial charge in [-0.25, -0.2) is 13.4 Å². The molecule has 0 amide bonds. The third-order valence-electron chi connectivity index (χ3n) is 4.19. The normalized spacial score (nSPS) is 16.5. The van der Waals surface area contributed by atoms with Crippen molar-refractivity contribution in [3.05, 3.63) is 53.2 Å². The van der Waals surface area contributed by atoms with Gasteiger partial charge in [0.15, 0.2) is 5.78 Å². The lowest BCUT2D eigenvalue weighted by atomic mass is 10.1. The molecule has 8 heteroatoms. The van der Waals surface area contributed by atoms with Gasteiger partial charge in [-0.05, 0) is 44.0 Å². The Morgan fingerprint density at radius 1 is 1.23 bits per heavy atom. The molecule has 0 aliphatic carbocycles. The number of halogens is 1. The minimum Gasteiger partial charge on any atom is -0.293 e. The van der Waals surface area contributed by atoms with E-state index in [1.165, 1.54) is 22.3 Å². The number of rotatable bonds is 6. The van der Waals surface area contributed by atoms with Crippen LogP contribution in [0.2, 0.25) is 5.02 Å². The molecule has 1 atom stereocenters. The Morgan fingerprint density at radius 3 is 2.58 bits per heavy atom. The third-order valence-corrected chi connectivity index (χ3v) is 7.36. The largest absolute Gasteiger partial charge is 0.293 e. The molecule has 138 valence electrons. The van der Waals surface area contributed by atoms with Crippen LogP contribution >= 0.6 is 23.4 Å². The van der Waals surface area contributed by atoms with Crippen molar-refractivity contribution in [3.8, 4) is 0 Å². The summed E-state index contributed by atoms with van der Waals surface area (Å²) < 4.78 is 26.5. The van der Waals surface area contributed by atoms with Gasteiger partial charge < -0.3 is 0 Å². The minimum absolute atomic E-state index is 0.0481. The smallest absolute Gasteiger partial charge is 0.244 e. The lowest BCUT2D eigenvalue weighted by Crippen LogP contribution is -2.27. The average molecular weight is 411 g/mol. The summed E-state index contributed by atoms with van der Waals surface area (Å²) in [6.07, 6.45) is 3.15. The molecule has 0 N–H and O–H groups in total. The van der Waals surface area contributed by atoms with Crippen LogP contribution in [0.15, 0.2) is 52.5 Å². The number of benzene rings is 1. The van der Waals surface area contributed by atoms with E-state index in [9.17, 15) is 13.2 Å². The second-order valence-corrected chi connectivity index (χ2v) is 9.81. The molecule has 1 aliphatic rings. The number of aromatic nitrogens is 1. The number of hydrogen-bond acceptors (Lipinski definition) is 5. The van der Waals surface area contributed by atoms with Gasteiger partial charge in [0.05, 0.1) is 10.3 Å². The molecule has 0 saturated carbocycles. The molecule has 1 aromatic heterocycles. The van der Waals surface area contributed by atoms with Gasteiger partial charge in [0, 0.05) is 29.9 Å². The monoisotopic (exact) mass is 410 g/mol. The first-order valence-electron chi connectivity index (χ1n) is 8.30. The number of pyridine rings is 1. The van der Waals surface area contributed by atoms with Crippen molar-refractivity contribution in [2.24, 2.45) is 0 Å². The summed E-state index contributed by atoms with van der Waals surface area (Å²) >= 11 is 7.23. The molecule has 26 heavy (non-hydrogen) atoms. The second kappa shape index (κ2) is 8.08. The number of carbonyl (C=O) groups excluding carboxylic acids is 1. The van der Waals surface area contributed by atoms with Crippen LogP contribution in [0.5, 0.6) is 0 Å². The van der Waals surface area contributed by atoms with E-state index in [-0.39, 0.29) is 15.9 Å². The van der Waals surface area contributed by atoms with E-state index < -0.39 is 10.0 Å². The van der Waals surface area contributed by atoms with E-state index in [0.29, 0.717) is 28.7 Å². The molecule has 0 bridgehead atoms. The van der Waals surface area contributed by atoms with Gasteiger partial charge in [0.1, 0.15) is 4.90 Å². The van der Waals surface area contributed by atoms with Gasteiger partial charge in [-0.15, -0.1) is 0 Å². The number of Topliss-reactive ketones (excluding diaryl/α,β-unsaturated/α-hetero) is 1. The molecule has 0 spiro atoms. The van der Waals surface area contributed by atoms with Crippen LogP contribution in [0.4, 0.5) is 0 Å². The van der Waals surface area contributed by atoms with Crippen molar-refractivity contribution in [3.63, 3.8) is 0 Å². The Bertz CT molecular complexity index is 895. The second-order valence-electron chi connectivity index (χ2n) is 6.08. The van der Waals surface area contributed by atoms with Crippen molar-refractivity contribution < 1.29 is 13.2 Å². The van der Waals surface area contributed by atoms with Crippen LogP contribution in [0.25, 0.3) is 0 Å². The van der Waals surface area contributed by atoms with Crippen molar-refractivity contribution >= 4 is 39.2 Å². The number of carbonyl (C=O) groups is 1. The molecule has 3 rings (SSSR count). The molecule has 0 radical (unpaired) electrons. The Hall–Kier alpha value is -1.41. The van der Waals surface area contributed by atoms with E-state index in [4.69, 9.17) is 11.6 Å². The van der Waals surface area contributed by atoms with Crippen LogP contribution in [0, 0.1) is 0 Å². The summed E-state index contributed by atoms with van der Waals surface area (Å²) in [5.41, 5.74) is 0.547. The fourth-order valence-corrected chi connectivity index (χ4v) is 5.30. The van der Waals surface area contributed by atoms with Crippen molar-refractivity contribution in [1.29, 1.82) is 0 Å². The minimum atomic E-state index is -3.47. The number of nitrogens with zero attached hydrogens (tertiary/aromatic N) is 2. The Balaban J connectivity index is 1.70. The van der Waals surface area contributed by atoms with E-state index in [2.05, 4.69) is 4.98 Å². The topological polar surface area (TPSA) is 67.3 Å². The third kappa shape index (κ3) is 4.28. The number of thioether (sulfide) groups is 1. The van der Waals surface area contributed by atoms with Gasteiger partial charge in [-0.3, -0.25) is 4.79 Å². The molecule has 1 aromatic carbocycles. The van der Waals surface area contributed by atoms with Crippen molar-refractivity contribution in [2.45, 2.75) is 34.9 Å². The fraction of sp³-hybridized carbons (Fsp3) is 0.333. The maximum absolute atomic E-state index is 12.5. The molecular weight excluding hydrogens is 392 g/mol. The SMILES string of the molecule is CC(Sc1ccc(S(=O)(=O)N2CCCC2)cn1)C(=O)c1cccc(Cl)c1. The summed E-state index contributed by atoms with van der Waals surface area (Å²) in [5.74, 6) is -0.0481. The van der Waals surface area contributed by atoms with Gasteiger partial charge in [-0.2, -0.15) is 4.31 Å². The Kier molecular flexibility index (Phi) is 6.02. The van der Waals surface area contributed by atoms with Crippen LogP contribution < -0.4 is 0 Å². The Labute approximate surface area is 162 Å². The standard InChI is InChI=1S/C18H19ClN2O3S2/c1-13(18(22)14-5-4-6-15(19)11-14)25-17-8-7-16(12-20-17)26(23,24)21-9-2-3-10-21/h4-8,11-13H,2-3,9-10H2,1H3. The zero-order valence-electron chi connectivity index (χ0n) is 14.3. The fourth-order valence-electron chi connectivity index (χ4n) is 2.78. The molecule has 2 aromatic rings. The summed E-state index contributed by atoms with van der Waals surface area (Å²) in [7, 11) is -3.47. The predicted octanol–water partition coefficient (Wildman–Crippen LogP) is 3.88. The lowest BCUT2D eigenvalue weighted by Gasteiger charge is -2.15. The van der Waals surface area contributed by atoms with Crippen molar-refractivity contribution in [2.75, 3.05) is 13.1 Å². The zero-order valence-corrected chi connectivity index (χ0v) is 16.6. The highest BCUT2D eigenvalue weighted by atomic mass is 35.5. The highest BCUT2D eigenvalue weighted by Crippen LogP contribution is 2.27. The van der Waals surface area contributed by atoms with Gasteiger partial charge >= 0.3 is 0 Å². The Morgan fingerprint density at radius 2 is 1.96 bits per heavy atom. The average Bonchev–Trinajstić information content (AvgIpc) is 3.17. The van der Waals surface area contributed by atoms with E-state index >= 15 is 0 Å². The number of sulfonamides is 1. The van der Waals surface area contributed by atoms with E-state index in [1.54, 1.807) is 43.3 Å². The maximum Gasteiger partial charge on any atom is 0.244 e. The number of hydrogen-bond donors (Lipinski definition) is 0. The maximum atomic E-state index is 12.5. The molecule has 2 heterocycles. The predicted molar refractivity (Wildman–Crippen MR) is 103 cm³/mol. The summed E-state index contributed by atoms with van der Waals surface area (Å²) in [5, 5.41) is 0.762. The number of ketones is 1. The highest BCUT2D eigenvalue weighted by molar-refractivity contribution is 8.00. The quantitative estimate of drug-likeness (QED) is 0.534. The van der Waals surface area contributed by atoms with Gasteiger partial charge in [0.25, 0.3) is 0 Å². The molecule has 1 unspecified atom stereocenters. The van der Waals surface area contributed by atoms with Crippen LogP contribution in [-0.4, -0.2) is 41.8 Å². The van der Waals surface area contributed by atoms with Crippen LogP contribution in [0.1, 0.15) is 30.1 Å². The summed E-state index contributed by atoms with van der Waals surface area (Å²) in [6.45, 7) is 2.92. The summed E-state index contributed by atoms with van der Waals surface area (Å²) in [4.78, 5) is 16.9. The first-order valence-corrected chi connectivity index (χ1v) is 11.0. The molecule has 1 aliphatic heterocycles. The summed E-state index contributed by atoms with van der Waals surface area (Å²) in [6, 6.07) is 10.0. The van der Waals surface area contributed by atoms with Crippen LogP contribution in [0.3, 0.4) is 0 Å². The first kappa shape index (κ1) is 19.4.